The number of benzene rings is 1. The second-order valence-electron chi connectivity index (χ2n) is 3.29. The lowest BCUT2D eigenvalue weighted by Crippen LogP contribution is -2.18. The maximum absolute atomic E-state index is 12.1. The summed E-state index contributed by atoms with van der Waals surface area (Å²) < 4.78 is 29.2. The molecule has 0 aliphatic carbocycles. The Labute approximate surface area is 95.5 Å². The third-order valence-corrected chi connectivity index (χ3v) is 2.42. The Balaban J connectivity index is 2.97. The second kappa shape index (κ2) is 5.42. The molecule has 84 valence electrons. The van der Waals surface area contributed by atoms with Gasteiger partial charge in [-0.1, -0.05) is 12.1 Å². The highest BCUT2D eigenvalue weighted by molar-refractivity contribution is 9.10. The third-order valence-electron chi connectivity index (χ3n) is 1.80. The molecular weight excluding hydrogens is 268 g/mol. The SMILES string of the molecule is CC(N)Cc1cccc(Br)c1OC(F)F. The Morgan fingerprint density at radius 2 is 2.13 bits per heavy atom. The Morgan fingerprint density at radius 1 is 1.47 bits per heavy atom. The van der Waals surface area contributed by atoms with Crippen LogP contribution in [0.4, 0.5) is 8.78 Å². The molecule has 0 heterocycles. The van der Waals surface area contributed by atoms with Gasteiger partial charge in [0, 0.05) is 6.04 Å². The van der Waals surface area contributed by atoms with Gasteiger partial charge >= 0.3 is 6.61 Å². The van der Waals surface area contributed by atoms with E-state index in [1.54, 1.807) is 18.2 Å². The number of ether oxygens (including phenoxy) is 1. The predicted molar refractivity (Wildman–Crippen MR) is 58.1 cm³/mol. The van der Waals surface area contributed by atoms with E-state index in [1.165, 1.54) is 0 Å². The lowest BCUT2D eigenvalue weighted by molar-refractivity contribution is -0.0509. The molecule has 0 aliphatic rings. The molecule has 1 atom stereocenters. The van der Waals surface area contributed by atoms with Gasteiger partial charge in [-0.15, -0.1) is 0 Å². The Morgan fingerprint density at radius 3 is 2.67 bits per heavy atom. The van der Waals surface area contributed by atoms with E-state index in [4.69, 9.17) is 5.73 Å². The summed E-state index contributed by atoms with van der Waals surface area (Å²) in [6.45, 7) is -1.01. The molecule has 0 fully saturated rings. The van der Waals surface area contributed by atoms with Gasteiger partial charge in [-0.25, -0.2) is 0 Å². The molecular formula is C10H12BrF2NO. The van der Waals surface area contributed by atoms with Crippen molar-refractivity contribution in [1.29, 1.82) is 0 Å². The van der Waals surface area contributed by atoms with Gasteiger partial charge < -0.3 is 10.5 Å². The number of rotatable bonds is 4. The number of hydrogen-bond donors (Lipinski definition) is 1. The van der Waals surface area contributed by atoms with Gasteiger partial charge in [-0.3, -0.25) is 0 Å². The number of para-hydroxylation sites is 1. The van der Waals surface area contributed by atoms with Gasteiger partial charge in [-0.05, 0) is 40.9 Å². The first-order chi connectivity index (χ1) is 7.00. The molecule has 2 N–H and O–H groups in total. The minimum absolute atomic E-state index is 0.0978. The van der Waals surface area contributed by atoms with Gasteiger partial charge in [0.2, 0.25) is 0 Å². The highest BCUT2D eigenvalue weighted by Gasteiger charge is 2.13. The highest BCUT2D eigenvalue weighted by atomic mass is 79.9. The summed E-state index contributed by atoms with van der Waals surface area (Å²) >= 11 is 3.17. The first kappa shape index (κ1) is 12.4. The van der Waals surface area contributed by atoms with Crippen molar-refractivity contribution in [1.82, 2.24) is 0 Å². The maximum Gasteiger partial charge on any atom is 0.387 e. The minimum atomic E-state index is -2.82. The normalized spacial score (nSPS) is 12.9. The highest BCUT2D eigenvalue weighted by Crippen LogP contribution is 2.31. The zero-order valence-corrected chi connectivity index (χ0v) is 9.80. The van der Waals surface area contributed by atoms with Crippen molar-refractivity contribution >= 4 is 15.9 Å². The smallest absolute Gasteiger partial charge is 0.387 e. The van der Waals surface area contributed by atoms with Crippen LogP contribution in [-0.2, 0) is 6.42 Å². The van der Waals surface area contributed by atoms with Gasteiger partial charge in [0.1, 0.15) is 5.75 Å². The van der Waals surface area contributed by atoms with Crippen molar-refractivity contribution in [3.05, 3.63) is 28.2 Å². The Bertz CT molecular complexity index is 331. The fraction of sp³-hybridized carbons (Fsp3) is 0.400. The van der Waals surface area contributed by atoms with E-state index in [1.807, 2.05) is 6.92 Å². The standard InChI is InChI=1S/C10H12BrF2NO/c1-6(14)5-7-3-2-4-8(11)9(7)15-10(12)13/h2-4,6,10H,5,14H2,1H3. The van der Waals surface area contributed by atoms with Crippen LogP contribution in [0, 0.1) is 0 Å². The number of alkyl halides is 2. The molecule has 15 heavy (non-hydrogen) atoms. The average Bonchev–Trinajstić information content (AvgIpc) is 2.09. The summed E-state index contributed by atoms with van der Waals surface area (Å²) in [6.07, 6.45) is 0.501. The maximum atomic E-state index is 12.1. The molecule has 0 spiro atoms. The first-order valence-electron chi connectivity index (χ1n) is 4.48. The molecule has 1 aromatic carbocycles. The zero-order chi connectivity index (χ0) is 11.4. The fourth-order valence-electron chi connectivity index (χ4n) is 1.28. The minimum Gasteiger partial charge on any atom is -0.433 e. The van der Waals surface area contributed by atoms with Crippen LogP contribution in [0.3, 0.4) is 0 Å². The topological polar surface area (TPSA) is 35.2 Å². The van der Waals surface area contributed by atoms with Crippen molar-refractivity contribution in [3.63, 3.8) is 0 Å². The van der Waals surface area contributed by atoms with E-state index in [2.05, 4.69) is 20.7 Å². The molecule has 1 unspecified atom stereocenters. The molecule has 5 heteroatoms. The van der Waals surface area contributed by atoms with E-state index in [9.17, 15) is 8.78 Å². The van der Waals surface area contributed by atoms with Crippen molar-refractivity contribution in [2.75, 3.05) is 0 Å². The molecule has 0 radical (unpaired) electrons. The number of hydrogen-bond acceptors (Lipinski definition) is 2. The van der Waals surface area contributed by atoms with Gasteiger partial charge in [0.25, 0.3) is 0 Å². The van der Waals surface area contributed by atoms with Crippen LogP contribution in [-0.4, -0.2) is 12.7 Å². The van der Waals surface area contributed by atoms with Gasteiger partial charge in [0.15, 0.2) is 0 Å². The van der Waals surface area contributed by atoms with Crippen LogP contribution in [0.15, 0.2) is 22.7 Å². The molecule has 0 amide bonds. The monoisotopic (exact) mass is 279 g/mol. The van der Waals surface area contributed by atoms with Gasteiger partial charge in [0.05, 0.1) is 4.47 Å². The molecule has 2 nitrogen and oxygen atoms in total. The van der Waals surface area contributed by atoms with Crippen LogP contribution < -0.4 is 10.5 Å². The average molecular weight is 280 g/mol. The van der Waals surface area contributed by atoms with Crippen LogP contribution in [0.2, 0.25) is 0 Å². The lowest BCUT2D eigenvalue weighted by atomic mass is 10.1. The Kier molecular flexibility index (Phi) is 4.47. The third kappa shape index (κ3) is 3.76. The van der Waals surface area contributed by atoms with Crippen molar-refractivity contribution in [2.24, 2.45) is 5.73 Å². The molecule has 0 saturated heterocycles. The molecule has 1 aromatic rings. The van der Waals surface area contributed by atoms with Crippen LogP contribution in [0.1, 0.15) is 12.5 Å². The van der Waals surface area contributed by atoms with Crippen molar-refractivity contribution in [2.45, 2.75) is 26.0 Å². The number of nitrogens with two attached hydrogens (primary N) is 1. The van der Waals surface area contributed by atoms with Gasteiger partial charge in [-0.2, -0.15) is 8.78 Å². The summed E-state index contributed by atoms with van der Waals surface area (Å²) in [5.74, 6) is 0.171. The van der Waals surface area contributed by atoms with E-state index in [0.717, 1.165) is 0 Å². The quantitative estimate of drug-likeness (QED) is 0.920. The lowest BCUT2D eigenvalue weighted by Gasteiger charge is -2.13. The predicted octanol–water partition coefficient (Wildman–Crippen LogP) is 2.94. The van der Waals surface area contributed by atoms with Crippen LogP contribution in [0.25, 0.3) is 0 Å². The summed E-state index contributed by atoms with van der Waals surface area (Å²) in [5.41, 5.74) is 6.30. The second-order valence-corrected chi connectivity index (χ2v) is 4.14. The van der Waals surface area contributed by atoms with Crippen molar-refractivity contribution < 1.29 is 13.5 Å². The van der Waals surface area contributed by atoms with E-state index >= 15 is 0 Å². The van der Waals surface area contributed by atoms with Crippen LogP contribution in [0.5, 0.6) is 5.75 Å². The van der Waals surface area contributed by atoms with E-state index in [0.29, 0.717) is 16.5 Å². The van der Waals surface area contributed by atoms with E-state index in [-0.39, 0.29) is 11.8 Å². The molecule has 0 saturated carbocycles. The number of halogens is 3. The molecule has 0 aliphatic heterocycles. The fourth-order valence-corrected chi connectivity index (χ4v) is 1.78. The summed E-state index contributed by atoms with van der Waals surface area (Å²) in [7, 11) is 0. The molecule has 1 rings (SSSR count). The summed E-state index contributed by atoms with van der Waals surface area (Å²) in [6, 6.07) is 5.05. The molecule has 0 bridgehead atoms. The van der Waals surface area contributed by atoms with E-state index < -0.39 is 6.61 Å². The first-order valence-corrected chi connectivity index (χ1v) is 5.27. The summed E-state index contributed by atoms with van der Waals surface area (Å²) in [5, 5.41) is 0. The largest absolute Gasteiger partial charge is 0.433 e. The van der Waals surface area contributed by atoms with Crippen molar-refractivity contribution in [3.8, 4) is 5.75 Å². The Hall–Kier alpha value is -0.680. The van der Waals surface area contributed by atoms with Crippen LogP contribution >= 0.6 is 15.9 Å². The zero-order valence-electron chi connectivity index (χ0n) is 8.21. The molecule has 0 aromatic heterocycles. The summed E-state index contributed by atoms with van der Waals surface area (Å²) in [4.78, 5) is 0.